The maximum atomic E-state index is 6.06. The molecule has 0 N–H and O–H groups in total. The molecule has 0 radical (unpaired) electrons. The Hall–Kier alpha value is -1.18. The lowest BCUT2D eigenvalue weighted by molar-refractivity contribution is 0.117. The number of likely N-dealkylation sites (N-methyl/N-ethyl adjacent to an activating group) is 1. The topological polar surface area (TPSA) is 12.5 Å². The molecule has 1 aliphatic carbocycles. The van der Waals surface area contributed by atoms with E-state index in [1.807, 2.05) is 0 Å². The van der Waals surface area contributed by atoms with Gasteiger partial charge in [0.05, 0.1) is 11.7 Å². The number of nitrogens with zero attached hydrogens (tertiary/aromatic N) is 1. The molecular weight excluding hydrogens is 186 g/mol. The first-order valence-corrected chi connectivity index (χ1v) is 5.85. The van der Waals surface area contributed by atoms with Gasteiger partial charge >= 0.3 is 0 Å². The highest BCUT2D eigenvalue weighted by Crippen LogP contribution is 2.39. The van der Waals surface area contributed by atoms with Crippen LogP contribution in [0.2, 0.25) is 0 Å². The van der Waals surface area contributed by atoms with Crippen LogP contribution in [0, 0.1) is 0 Å². The molecule has 1 aromatic carbocycles. The molecule has 2 nitrogen and oxygen atoms in total. The number of fused-ring (bicyclic) bond motifs is 2. The van der Waals surface area contributed by atoms with Gasteiger partial charge in [0.15, 0.2) is 0 Å². The summed E-state index contributed by atoms with van der Waals surface area (Å²) >= 11 is 0. The van der Waals surface area contributed by atoms with E-state index in [4.69, 9.17) is 4.74 Å². The second kappa shape index (κ2) is 3.44. The van der Waals surface area contributed by atoms with E-state index in [-0.39, 0.29) is 0 Å². The Morgan fingerprint density at radius 3 is 2.93 bits per heavy atom. The van der Waals surface area contributed by atoms with Crippen LogP contribution in [0.3, 0.4) is 0 Å². The summed E-state index contributed by atoms with van der Waals surface area (Å²) in [5.74, 6) is 1.06. The molecule has 15 heavy (non-hydrogen) atoms. The Kier molecular flexibility index (Phi) is 2.08. The monoisotopic (exact) mass is 203 g/mol. The van der Waals surface area contributed by atoms with Crippen molar-refractivity contribution in [1.82, 2.24) is 0 Å². The first-order valence-electron chi connectivity index (χ1n) is 5.85. The van der Waals surface area contributed by atoms with Crippen molar-refractivity contribution in [2.75, 3.05) is 11.9 Å². The third-order valence-electron chi connectivity index (χ3n) is 3.69. The van der Waals surface area contributed by atoms with Crippen LogP contribution in [-0.2, 0) is 0 Å². The van der Waals surface area contributed by atoms with Crippen molar-refractivity contribution in [3.8, 4) is 5.75 Å². The molecular formula is C13H17NO. The molecule has 0 aromatic heterocycles. The molecule has 2 atom stereocenters. The van der Waals surface area contributed by atoms with Crippen molar-refractivity contribution < 1.29 is 4.74 Å². The Labute approximate surface area is 90.8 Å². The SMILES string of the molecule is CN1c2ccccc2OC2CCCCC21. The molecule has 2 aliphatic rings. The summed E-state index contributed by atoms with van der Waals surface area (Å²) in [5.41, 5.74) is 1.25. The lowest BCUT2D eigenvalue weighted by Crippen LogP contribution is -2.49. The number of ether oxygens (including phenoxy) is 1. The normalized spacial score (nSPS) is 29.0. The van der Waals surface area contributed by atoms with Gasteiger partial charge in [0.25, 0.3) is 0 Å². The first-order chi connectivity index (χ1) is 7.36. The minimum absolute atomic E-state index is 0.415. The van der Waals surface area contributed by atoms with Gasteiger partial charge in [0, 0.05) is 7.05 Å². The highest BCUT2D eigenvalue weighted by Gasteiger charge is 2.35. The summed E-state index contributed by atoms with van der Waals surface area (Å²) in [4.78, 5) is 2.41. The molecule has 0 bridgehead atoms. The molecule has 1 aromatic rings. The van der Waals surface area contributed by atoms with Gasteiger partial charge in [-0.05, 0) is 31.4 Å². The second-order valence-electron chi connectivity index (χ2n) is 4.59. The number of hydrogen-bond acceptors (Lipinski definition) is 2. The number of hydrogen-bond donors (Lipinski definition) is 0. The van der Waals surface area contributed by atoms with E-state index in [1.54, 1.807) is 0 Å². The number of rotatable bonds is 0. The van der Waals surface area contributed by atoms with Gasteiger partial charge in [0.1, 0.15) is 11.9 Å². The molecule has 1 aliphatic heterocycles. The van der Waals surface area contributed by atoms with Crippen LogP contribution in [0.4, 0.5) is 5.69 Å². The molecule has 2 unspecified atom stereocenters. The fraction of sp³-hybridized carbons (Fsp3) is 0.538. The predicted octanol–water partition coefficient (Wildman–Crippen LogP) is 2.83. The first kappa shape index (κ1) is 9.08. The van der Waals surface area contributed by atoms with Crippen molar-refractivity contribution in [1.29, 1.82) is 0 Å². The van der Waals surface area contributed by atoms with E-state index in [2.05, 4.69) is 36.2 Å². The van der Waals surface area contributed by atoms with Crippen LogP contribution < -0.4 is 9.64 Å². The van der Waals surface area contributed by atoms with Gasteiger partial charge in [0.2, 0.25) is 0 Å². The fourth-order valence-electron chi connectivity index (χ4n) is 2.85. The van der Waals surface area contributed by atoms with Gasteiger partial charge in [-0.25, -0.2) is 0 Å². The molecule has 2 heteroatoms. The lowest BCUT2D eigenvalue weighted by atomic mass is 9.90. The highest BCUT2D eigenvalue weighted by atomic mass is 16.5. The van der Waals surface area contributed by atoms with E-state index in [1.165, 1.54) is 31.4 Å². The van der Waals surface area contributed by atoms with Crippen LogP contribution in [0.5, 0.6) is 5.75 Å². The zero-order chi connectivity index (χ0) is 10.3. The van der Waals surface area contributed by atoms with E-state index in [9.17, 15) is 0 Å². The van der Waals surface area contributed by atoms with Crippen LogP contribution in [0.1, 0.15) is 25.7 Å². The maximum absolute atomic E-state index is 6.06. The van der Waals surface area contributed by atoms with Crippen molar-refractivity contribution in [2.45, 2.75) is 37.8 Å². The van der Waals surface area contributed by atoms with Crippen LogP contribution in [0.25, 0.3) is 0 Å². The molecule has 1 saturated carbocycles. The van der Waals surface area contributed by atoms with E-state index >= 15 is 0 Å². The lowest BCUT2D eigenvalue weighted by Gasteiger charge is -2.43. The summed E-state index contributed by atoms with van der Waals surface area (Å²) in [6, 6.07) is 8.96. The minimum Gasteiger partial charge on any atom is -0.486 e. The van der Waals surface area contributed by atoms with Crippen molar-refractivity contribution in [3.05, 3.63) is 24.3 Å². The summed E-state index contributed by atoms with van der Waals surface area (Å²) in [6.07, 6.45) is 5.56. The van der Waals surface area contributed by atoms with Gasteiger partial charge in [-0.3, -0.25) is 0 Å². The van der Waals surface area contributed by atoms with E-state index < -0.39 is 0 Å². The molecule has 0 saturated heterocycles. The van der Waals surface area contributed by atoms with Crippen LogP contribution in [-0.4, -0.2) is 19.2 Å². The third-order valence-corrected chi connectivity index (χ3v) is 3.69. The van der Waals surface area contributed by atoms with Crippen molar-refractivity contribution in [2.24, 2.45) is 0 Å². The quantitative estimate of drug-likeness (QED) is 0.643. The molecule has 1 fully saturated rings. The summed E-state index contributed by atoms with van der Waals surface area (Å²) < 4.78 is 6.06. The Balaban J connectivity index is 1.98. The average Bonchev–Trinajstić information content (AvgIpc) is 2.30. The van der Waals surface area contributed by atoms with Gasteiger partial charge in [-0.15, -0.1) is 0 Å². The highest BCUT2D eigenvalue weighted by molar-refractivity contribution is 5.60. The predicted molar refractivity (Wildman–Crippen MR) is 61.5 cm³/mol. The molecule has 80 valence electrons. The molecule has 0 spiro atoms. The Morgan fingerprint density at radius 2 is 2.00 bits per heavy atom. The average molecular weight is 203 g/mol. The number of anilines is 1. The van der Waals surface area contributed by atoms with Gasteiger partial charge in [-0.1, -0.05) is 18.6 Å². The molecule has 1 heterocycles. The zero-order valence-corrected chi connectivity index (χ0v) is 9.15. The maximum Gasteiger partial charge on any atom is 0.143 e. The van der Waals surface area contributed by atoms with Gasteiger partial charge < -0.3 is 9.64 Å². The van der Waals surface area contributed by atoms with E-state index in [0.717, 1.165) is 5.75 Å². The van der Waals surface area contributed by atoms with Crippen molar-refractivity contribution in [3.63, 3.8) is 0 Å². The third kappa shape index (κ3) is 1.39. The summed E-state index contributed by atoms with van der Waals surface area (Å²) in [7, 11) is 2.20. The zero-order valence-electron chi connectivity index (χ0n) is 9.15. The Morgan fingerprint density at radius 1 is 1.20 bits per heavy atom. The van der Waals surface area contributed by atoms with Crippen molar-refractivity contribution >= 4 is 5.69 Å². The largest absolute Gasteiger partial charge is 0.486 e. The van der Waals surface area contributed by atoms with Crippen LogP contribution in [0.15, 0.2) is 24.3 Å². The molecule has 0 amide bonds. The molecule has 3 rings (SSSR count). The van der Waals surface area contributed by atoms with Gasteiger partial charge in [-0.2, -0.15) is 0 Å². The second-order valence-corrected chi connectivity index (χ2v) is 4.59. The number of benzene rings is 1. The summed E-state index contributed by atoms with van der Waals surface area (Å²) in [6.45, 7) is 0. The smallest absolute Gasteiger partial charge is 0.143 e. The number of para-hydroxylation sites is 2. The van der Waals surface area contributed by atoms with E-state index in [0.29, 0.717) is 12.1 Å². The van der Waals surface area contributed by atoms with Crippen LogP contribution >= 0.6 is 0 Å². The standard InChI is InChI=1S/C13H17NO/c1-14-10-6-2-4-8-12(10)15-13-9-5-3-7-11(13)14/h2,4,6,8,11,13H,3,5,7,9H2,1H3. The Bertz CT molecular complexity index is 363. The minimum atomic E-state index is 0.415. The fourth-order valence-corrected chi connectivity index (χ4v) is 2.85. The summed E-state index contributed by atoms with van der Waals surface area (Å²) in [5, 5.41) is 0.